The second-order valence-electron chi connectivity index (χ2n) is 3.38. The van der Waals surface area contributed by atoms with Gasteiger partial charge in [0.2, 0.25) is 5.78 Å². The van der Waals surface area contributed by atoms with E-state index in [0.717, 1.165) is 22.4 Å². The lowest BCUT2D eigenvalue weighted by atomic mass is 10.6. The SMILES string of the molecule is c1cnc(SCc2cn3cccnc3n2)nc1. The Balaban J connectivity index is 1.77. The highest BCUT2D eigenvalue weighted by atomic mass is 32.2. The van der Waals surface area contributed by atoms with Crippen LogP contribution < -0.4 is 0 Å². The van der Waals surface area contributed by atoms with E-state index in [1.54, 1.807) is 36.4 Å². The third-order valence-corrected chi connectivity index (χ3v) is 3.09. The molecule has 0 radical (unpaired) electrons. The molecule has 3 rings (SSSR count). The molecule has 5 nitrogen and oxygen atoms in total. The summed E-state index contributed by atoms with van der Waals surface area (Å²) in [6, 6.07) is 3.69. The minimum atomic E-state index is 0.720. The normalized spacial score (nSPS) is 10.8. The molecule has 84 valence electrons. The summed E-state index contributed by atoms with van der Waals surface area (Å²) in [7, 11) is 0. The smallest absolute Gasteiger partial charge is 0.233 e. The second kappa shape index (κ2) is 4.50. The van der Waals surface area contributed by atoms with Gasteiger partial charge in [-0.2, -0.15) is 0 Å². The summed E-state index contributed by atoms with van der Waals surface area (Å²) in [6.45, 7) is 0. The van der Waals surface area contributed by atoms with Crippen LogP contribution >= 0.6 is 11.8 Å². The van der Waals surface area contributed by atoms with Gasteiger partial charge >= 0.3 is 0 Å². The summed E-state index contributed by atoms with van der Waals surface area (Å²) in [5, 5.41) is 0.762. The van der Waals surface area contributed by atoms with Crippen molar-refractivity contribution >= 4 is 17.5 Å². The predicted molar refractivity (Wildman–Crippen MR) is 64.6 cm³/mol. The minimum Gasteiger partial charge on any atom is -0.291 e. The number of hydrogen-bond donors (Lipinski definition) is 0. The average molecular weight is 243 g/mol. The van der Waals surface area contributed by atoms with Crippen LogP contribution in [0.2, 0.25) is 0 Å². The third kappa shape index (κ3) is 2.26. The lowest BCUT2D eigenvalue weighted by Gasteiger charge is -1.95. The van der Waals surface area contributed by atoms with Crippen LogP contribution in [-0.2, 0) is 5.75 Å². The van der Waals surface area contributed by atoms with E-state index in [2.05, 4.69) is 19.9 Å². The molecule has 3 aromatic rings. The van der Waals surface area contributed by atoms with Gasteiger partial charge in [0.1, 0.15) is 0 Å². The van der Waals surface area contributed by atoms with E-state index >= 15 is 0 Å². The number of fused-ring (bicyclic) bond motifs is 1. The van der Waals surface area contributed by atoms with Gasteiger partial charge in [-0.3, -0.25) is 4.40 Å². The Bertz CT molecular complexity index is 589. The average Bonchev–Trinajstić information content (AvgIpc) is 2.80. The van der Waals surface area contributed by atoms with Crippen LogP contribution in [0.5, 0.6) is 0 Å². The molecule has 0 aliphatic heterocycles. The first kappa shape index (κ1) is 10.2. The van der Waals surface area contributed by atoms with E-state index in [1.165, 1.54) is 0 Å². The number of hydrogen-bond acceptors (Lipinski definition) is 5. The van der Waals surface area contributed by atoms with E-state index in [4.69, 9.17) is 0 Å². The Hall–Kier alpha value is -1.95. The zero-order chi connectivity index (χ0) is 11.5. The number of aromatic nitrogens is 5. The fourth-order valence-corrected chi connectivity index (χ4v) is 2.13. The second-order valence-corrected chi connectivity index (χ2v) is 4.32. The number of imidazole rings is 1. The molecule has 0 fully saturated rings. The molecular formula is C11H9N5S. The monoisotopic (exact) mass is 243 g/mol. The van der Waals surface area contributed by atoms with Crippen molar-refractivity contribution in [2.75, 3.05) is 0 Å². The molecular weight excluding hydrogens is 234 g/mol. The van der Waals surface area contributed by atoms with Gasteiger partial charge in [0.15, 0.2) is 5.16 Å². The topological polar surface area (TPSA) is 56.0 Å². The van der Waals surface area contributed by atoms with Crippen LogP contribution in [0.25, 0.3) is 5.78 Å². The highest BCUT2D eigenvalue weighted by molar-refractivity contribution is 7.98. The summed E-state index contributed by atoms with van der Waals surface area (Å²) in [6.07, 6.45) is 9.11. The number of rotatable bonds is 3. The first-order chi connectivity index (χ1) is 8.42. The quantitative estimate of drug-likeness (QED) is 0.518. The van der Waals surface area contributed by atoms with Crippen LogP contribution in [0.4, 0.5) is 0 Å². The van der Waals surface area contributed by atoms with Gasteiger partial charge in [0.25, 0.3) is 0 Å². The van der Waals surface area contributed by atoms with Gasteiger partial charge in [0, 0.05) is 36.7 Å². The molecule has 6 heteroatoms. The Labute approximate surface area is 102 Å². The van der Waals surface area contributed by atoms with Gasteiger partial charge in [-0.25, -0.2) is 19.9 Å². The van der Waals surface area contributed by atoms with Crippen LogP contribution in [0.3, 0.4) is 0 Å². The molecule has 0 saturated heterocycles. The van der Waals surface area contributed by atoms with Gasteiger partial charge < -0.3 is 0 Å². The lowest BCUT2D eigenvalue weighted by Crippen LogP contribution is -1.85. The molecule has 0 atom stereocenters. The summed E-state index contributed by atoms with van der Waals surface area (Å²) >= 11 is 1.56. The van der Waals surface area contributed by atoms with Crippen molar-refractivity contribution < 1.29 is 0 Å². The fourth-order valence-electron chi connectivity index (χ4n) is 1.45. The maximum atomic E-state index is 4.40. The van der Waals surface area contributed by atoms with Crippen molar-refractivity contribution in [3.8, 4) is 0 Å². The maximum Gasteiger partial charge on any atom is 0.233 e. The summed E-state index contributed by atoms with van der Waals surface area (Å²) in [5.74, 6) is 1.46. The standard InChI is InChI=1S/C11H9N5S/c1-3-13-11(14-4-1)17-8-9-7-16-6-2-5-12-10(16)15-9/h1-7H,8H2. The maximum absolute atomic E-state index is 4.40. The molecule has 0 aliphatic rings. The van der Waals surface area contributed by atoms with Crippen molar-refractivity contribution in [2.24, 2.45) is 0 Å². The highest BCUT2D eigenvalue weighted by Gasteiger charge is 2.03. The van der Waals surface area contributed by atoms with Crippen molar-refractivity contribution in [3.63, 3.8) is 0 Å². The third-order valence-electron chi connectivity index (χ3n) is 2.18. The number of thioether (sulfide) groups is 1. The first-order valence-electron chi connectivity index (χ1n) is 5.10. The molecule has 0 amide bonds. The van der Waals surface area contributed by atoms with E-state index in [0.29, 0.717) is 0 Å². The van der Waals surface area contributed by atoms with Gasteiger partial charge in [0.05, 0.1) is 5.69 Å². The Kier molecular flexibility index (Phi) is 2.71. The van der Waals surface area contributed by atoms with Crippen molar-refractivity contribution in [3.05, 3.63) is 48.8 Å². The molecule has 3 aromatic heterocycles. The van der Waals surface area contributed by atoms with E-state index in [1.807, 2.05) is 22.9 Å². The number of nitrogens with zero attached hydrogens (tertiary/aromatic N) is 5. The Morgan fingerprint density at radius 2 is 1.88 bits per heavy atom. The van der Waals surface area contributed by atoms with Crippen molar-refractivity contribution in [1.82, 2.24) is 24.3 Å². The van der Waals surface area contributed by atoms with Crippen molar-refractivity contribution in [2.45, 2.75) is 10.9 Å². The van der Waals surface area contributed by atoms with Gasteiger partial charge in [-0.05, 0) is 12.1 Å². The zero-order valence-electron chi connectivity index (χ0n) is 8.89. The van der Waals surface area contributed by atoms with Gasteiger partial charge in [-0.15, -0.1) is 0 Å². The molecule has 0 unspecified atom stereocenters. The molecule has 0 spiro atoms. The Morgan fingerprint density at radius 3 is 2.71 bits per heavy atom. The Morgan fingerprint density at radius 1 is 1.06 bits per heavy atom. The molecule has 0 aliphatic carbocycles. The predicted octanol–water partition coefficient (Wildman–Crippen LogP) is 1.81. The van der Waals surface area contributed by atoms with Crippen molar-refractivity contribution in [1.29, 1.82) is 0 Å². The fraction of sp³-hybridized carbons (Fsp3) is 0.0909. The highest BCUT2D eigenvalue weighted by Crippen LogP contribution is 2.17. The van der Waals surface area contributed by atoms with Gasteiger partial charge in [-0.1, -0.05) is 11.8 Å². The molecule has 0 saturated carbocycles. The molecule has 0 N–H and O–H groups in total. The molecule has 0 bridgehead atoms. The van der Waals surface area contributed by atoms with Crippen LogP contribution in [-0.4, -0.2) is 24.3 Å². The molecule has 3 heterocycles. The van der Waals surface area contributed by atoms with Crippen LogP contribution in [0.1, 0.15) is 5.69 Å². The van der Waals surface area contributed by atoms with Crippen LogP contribution in [0.15, 0.2) is 48.3 Å². The van der Waals surface area contributed by atoms with E-state index < -0.39 is 0 Å². The summed E-state index contributed by atoms with van der Waals surface area (Å²) in [5.41, 5.74) is 0.973. The summed E-state index contributed by atoms with van der Waals surface area (Å²) in [4.78, 5) is 16.9. The summed E-state index contributed by atoms with van der Waals surface area (Å²) < 4.78 is 1.90. The molecule has 17 heavy (non-hydrogen) atoms. The zero-order valence-corrected chi connectivity index (χ0v) is 9.71. The largest absolute Gasteiger partial charge is 0.291 e. The first-order valence-corrected chi connectivity index (χ1v) is 6.09. The van der Waals surface area contributed by atoms with Crippen LogP contribution in [0, 0.1) is 0 Å². The van der Waals surface area contributed by atoms with E-state index in [-0.39, 0.29) is 0 Å². The minimum absolute atomic E-state index is 0.720. The van der Waals surface area contributed by atoms with E-state index in [9.17, 15) is 0 Å². The molecule has 0 aromatic carbocycles. The lowest BCUT2D eigenvalue weighted by molar-refractivity contribution is 0.965.